The van der Waals surface area contributed by atoms with Gasteiger partial charge in [0, 0.05) is 28.4 Å². The molecule has 0 spiro atoms. The third-order valence-corrected chi connectivity index (χ3v) is 11.0. The van der Waals surface area contributed by atoms with Crippen LogP contribution in [0.1, 0.15) is 46.2 Å². The molecule has 7 heterocycles. The van der Waals surface area contributed by atoms with E-state index < -0.39 is 0 Å². The molecule has 0 atom stereocenters. The predicted octanol–water partition coefficient (Wildman–Crippen LogP) is 4.90. The van der Waals surface area contributed by atoms with E-state index in [4.69, 9.17) is 29.2 Å². The Morgan fingerprint density at radius 1 is 0.863 bits per heavy atom. The van der Waals surface area contributed by atoms with Crippen molar-refractivity contribution in [2.45, 2.75) is 52.9 Å². The molecule has 0 aliphatic carbocycles. The molecule has 15 nitrogen and oxygen atoms in total. The van der Waals surface area contributed by atoms with Crippen LogP contribution in [0.25, 0.3) is 31.8 Å². The average Bonchev–Trinajstić information content (AvgIpc) is 3.85. The number of carbonyl (C=O) groups is 2. The van der Waals surface area contributed by atoms with Crippen LogP contribution < -0.4 is 10.3 Å². The number of thiophene rings is 2. The van der Waals surface area contributed by atoms with Crippen molar-refractivity contribution in [2.75, 3.05) is 26.3 Å². The van der Waals surface area contributed by atoms with E-state index in [9.17, 15) is 14.4 Å². The molecule has 0 fully saturated rings. The largest absolute Gasteiger partial charge is 0.470 e. The van der Waals surface area contributed by atoms with Crippen molar-refractivity contribution >= 4 is 55.3 Å². The molecule has 5 aromatic heterocycles. The third-order valence-electron chi connectivity index (χ3n) is 8.77. The minimum atomic E-state index is -0.355. The topological polar surface area (TPSA) is 171 Å². The maximum absolute atomic E-state index is 13.2. The molecule has 262 valence electrons. The van der Waals surface area contributed by atoms with Crippen molar-refractivity contribution in [3.8, 4) is 17.3 Å². The predicted molar refractivity (Wildman–Crippen MR) is 189 cm³/mol. The third kappa shape index (κ3) is 6.38. The van der Waals surface area contributed by atoms with Crippen molar-refractivity contribution in [3.05, 3.63) is 79.3 Å². The van der Waals surface area contributed by atoms with Crippen LogP contribution in [-0.4, -0.2) is 83.2 Å². The van der Waals surface area contributed by atoms with Crippen LogP contribution >= 0.6 is 22.7 Å². The Morgan fingerprint density at radius 2 is 1.51 bits per heavy atom. The van der Waals surface area contributed by atoms with Crippen molar-refractivity contribution in [2.24, 2.45) is 0 Å². The van der Waals surface area contributed by atoms with Crippen molar-refractivity contribution in [1.29, 1.82) is 0 Å². The number of nitrogens with zero attached hydrogens (tertiary/aromatic N) is 8. The van der Waals surface area contributed by atoms with Gasteiger partial charge in [0.25, 0.3) is 5.56 Å². The number of aromatic amines is 1. The first-order valence-corrected chi connectivity index (χ1v) is 18.3. The first-order valence-electron chi connectivity index (χ1n) is 16.6. The second kappa shape index (κ2) is 13.7. The van der Waals surface area contributed by atoms with E-state index in [2.05, 4.69) is 15.3 Å². The fraction of sp³-hybridized carbons (Fsp3) is 0.353. The van der Waals surface area contributed by atoms with E-state index >= 15 is 0 Å². The number of hydrogen-bond donors (Lipinski definition) is 1. The van der Waals surface area contributed by atoms with Gasteiger partial charge in [-0.1, -0.05) is 35.5 Å². The highest BCUT2D eigenvalue weighted by Gasteiger charge is 2.29. The van der Waals surface area contributed by atoms with Gasteiger partial charge in [-0.25, -0.2) is 24.2 Å². The molecule has 0 bridgehead atoms. The second-order valence-electron chi connectivity index (χ2n) is 12.0. The van der Waals surface area contributed by atoms with Crippen LogP contribution in [0, 0.1) is 0 Å². The first kappa shape index (κ1) is 32.8. The van der Waals surface area contributed by atoms with E-state index in [1.165, 1.54) is 22.7 Å². The number of nitrogens with one attached hydrogen (secondary N) is 1. The summed E-state index contributed by atoms with van der Waals surface area (Å²) in [7, 11) is 0. The highest BCUT2D eigenvalue weighted by atomic mass is 32.1. The van der Waals surface area contributed by atoms with Crippen LogP contribution in [0.3, 0.4) is 0 Å². The molecule has 0 radical (unpaired) electrons. The van der Waals surface area contributed by atoms with Gasteiger partial charge in [-0.2, -0.15) is 4.98 Å². The van der Waals surface area contributed by atoms with E-state index in [1.807, 2.05) is 30.3 Å². The molecule has 2 amide bonds. The fourth-order valence-electron chi connectivity index (χ4n) is 6.42. The number of hydrogen-bond acceptors (Lipinski definition) is 13. The molecule has 0 unspecified atom stereocenters. The van der Waals surface area contributed by atoms with Crippen LogP contribution in [0.5, 0.6) is 5.88 Å². The molecule has 2 aliphatic rings. The summed E-state index contributed by atoms with van der Waals surface area (Å²) in [4.78, 5) is 62.1. The van der Waals surface area contributed by atoms with Crippen LogP contribution in [0.2, 0.25) is 0 Å². The smallest absolute Gasteiger partial charge is 0.410 e. The highest BCUT2D eigenvalue weighted by Crippen LogP contribution is 2.40. The quantitative estimate of drug-likeness (QED) is 0.226. The van der Waals surface area contributed by atoms with E-state index in [-0.39, 0.29) is 30.9 Å². The molecule has 51 heavy (non-hydrogen) atoms. The number of H-pyrrole nitrogens is 1. The standard InChI is InChI=1S/C34H33N9O6S2/c1-3-47-33(45)41-12-10-21-23(15-41)50-31-26(21)29(44)35-25(36-31)17-43-14-20(39-40-43)18-49-30-27-22-11-13-42(34(46)48-4-2)16-24(22)51-32(27)38-28(37-30)19-8-6-5-7-9-19/h5-9,14H,3-4,10-13,15-18H2,1-2H3,(H,35,36,44). The number of rotatable bonds is 8. The van der Waals surface area contributed by atoms with Crippen LogP contribution in [0.4, 0.5) is 9.59 Å². The maximum Gasteiger partial charge on any atom is 0.410 e. The van der Waals surface area contributed by atoms with Crippen LogP contribution in [0.15, 0.2) is 41.3 Å². The zero-order valence-corrected chi connectivity index (χ0v) is 29.5. The normalized spacial score (nSPS) is 14.1. The lowest BCUT2D eigenvalue weighted by atomic mass is 10.1. The molecule has 6 aromatic rings. The zero-order chi connectivity index (χ0) is 35.1. The van der Waals surface area contributed by atoms with Gasteiger partial charge in [0.15, 0.2) is 5.82 Å². The second-order valence-corrected chi connectivity index (χ2v) is 14.2. The average molecular weight is 728 g/mol. The van der Waals surface area contributed by atoms with Gasteiger partial charge in [-0.05, 0) is 37.8 Å². The van der Waals surface area contributed by atoms with Gasteiger partial charge in [0.2, 0.25) is 5.88 Å². The SMILES string of the molecule is CCOC(=O)N1CCc2c(sc3nc(-c4ccccc4)nc(OCc4cn(Cc5nc6sc7c(c6c(=O)[nH]5)CCN(C(=O)OCC)C7)nn4)c23)C1. The zero-order valence-electron chi connectivity index (χ0n) is 27.9. The van der Waals surface area contributed by atoms with Crippen molar-refractivity contribution < 1.29 is 23.8 Å². The van der Waals surface area contributed by atoms with E-state index in [0.29, 0.717) is 85.7 Å². The summed E-state index contributed by atoms with van der Waals surface area (Å²) in [6.45, 7) is 6.33. The lowest BCUT2D eigenvalue weighted by Crippen LogP contribution is -2.36. The molecule has 8 rings (SSSR count). The van der Waals surface area contributed by atoms with Gasteiger partial charge >= 0.3 is 12.2 Å². The Labute approximate surface area is 298 Å². The minimum absolute atomic E-state index is 0.0947. The number of aromatic nitrogens is 7. The molecule has 0 saturated heterocycles. The molecular weight excluding hydrogens is 695 g/mol. The summed E-state index contributed by atoms with van der Waals surface area (Å²) in [5.41, 5.74) is 3.22. The van der Waals surface area contributed by atoms with Gasteiger partial charge in [0.05, 0.1) is 43.3 Å². The summed E-state index contributed by atoms with van der Waals surface area (Å²) < 4.78 is 18.4. The monoisotopic (exact) mass is 727 g/mol. The molecular formula is C34H33N9O6S2. The number of benzene rings is 1. The molecule has 1 aromatic carbocycles. The molecule has 2 aliphatic heterocycles. The Kier molecular flexibility index (Phi) is 8.81. The summed E-state index contributed by atoms with van der Waals surface area (Å²) in [6, 6.07) is 9.71. The fourth-order valence-corrected chi connectivity index (χ4v) is 8.90. The Balaban J connectivity index is 1.02. The minimum Gasteiger partial charge on any atom is -0.470 e. The summed E-state index contributed by atoms with van der Waals surface area (Å²) in [5, 5.41) is 9.99. The van der Waals surface area contributed by atoms with E-state index in [0.717, 1.165) is 36.7 Å². The molecule has 17 heteroatoms. The molecule has 0 saturated carbocycles. The lowest BCUT2D eigenvalue weighted by Gasteiger charge is -2.26. The summed E-state index contributed by atoms with van der Waals surface area (Å²) in [6.07, 6.45) is 2.26. The number of fused-ring (bicyclic) bond motifs is 6. The van der Waals surface area contributed by atoms with Gasteiger partial charge in [-0.3, -0.25) is 4.79 Å². The number of amides is 2. The van der Waals surface area contributed by atoms with Gasteiger partial charge in [-0.15, -0.1) is 27.8 Å². The Hall–Kier alpha value is -5.42. The van der Waals surface area contributed by atoms with E-state index in [1.54, 1.807) is 34.5 Å². The Morgan fingerprint density at radius 3 is 2.18 bits per heavy atom. The van der Waals surface area contributed by atoms with Gasteiger partial charge < -0.3 is 29.0 Å². The summed E-state index contributed by atoms with van der Waals surface area (Å²) in [5.74, 6) is 1.42. The van der Waals surface area contributed by atoms with Crippen LogP contribution in [-0.2, 0) is 48.6 Å². The Bertz CT molecular complexity index is 2330. The summed E-state index contributed by atoms with van der Waals surface area (Å²) >= 11 is 2.95. The lowest BCUT2D eigenvalue weighted by molar-refractivity contribution is 0.102. The molecule has 1 N–H and O–H groups in total. The van der Waals surface area contributed by atoms with Gasteiger partial charge in [0.1, 0.15) is 34.3 Å². The maximum atomic E-state index is 13.2. The number of carbonyl (C=O) groups excluding carboxylic acids is 2. The first-order chi connectivity index (χ1) is 24.9. The number of ether oxygens (including phenoxy) is 3. The van der Waals surface area contributed by atoms with Crippen molar-refractivity contribution in [3.63, 3.8) is 0 Å². The van der Waals surface area contributed by atoms with Crippen molar-refractivity contribution in [1.82, 2.24) is 44.7 Å². The highest BCUT2D eigenvalue weighted by molar-refractivity contribution is 7.19.